The number of aromatic nitrogens is 5. The molecule has 6 nitrogen and oxygen atoms in total. The van der Waals surface area contributed by atoms with Crippen LogP contribution in [0.15, 0.2) is 41.3 Å². The van der Waals surface area contributed by atoms with E-state index in [0.717, 1.165) is 12.8 Å². The molecule has 1 aromatic carbocycles. The molecule has 1 fully saturated rings. The lowest BCUT2D eigenvalue weighted by Gasteiger charge is -2.35. The standard InChI is InChI=1S/C23H24FN5O/c1-13-5-4-6-19(14(13)2)28-12-11-18-20(22(28)30)21(16-7-9-17(24)10-8-16)29-23(26-18)25-15(3)27-29/h7-14,19H,4-6H2,1-3H3/t13-,14-,19-/m1/s1. The van der Waals surface area contributed by atoms with Gasteiger partial charge in [0.05, 0.1) is 16.6 Å². The van der Waals surface area contributed by atoms with E-state index in [1.165, 1.54) is 18.6 Å². The largest absolute Gasteiger partial charge is 0.311 e. The summed E-state index contributed by atoms with van der Waals surface area (Å²) in [6, 6.07) is 8.16. The van der Waals surface area contributed by atoms with Crippen LogP contribution in [-0.4, -0.2) is 24.1 Å². The van der Waals surface area contributed by atoms with Gasteiger partial charge in [0, 0.05) is 17.8 Å². The lowest BCUT2D eigenvalue weighted by atomic mass is 9.78. The summed E-state index contributed by atoms with van der Waals surface area (Å²) in [4.78, 5) is 22.8. The number of hydrogen-bond donors (Lipinski definition) is 0. The van der Waals surface area contributed by atoms with Gasteiger partial charge in [-0.1, -0.05) is 26.7 Å². The molecule has 0 N–H and O–H groups in total. The Morgan fingerprint density at radius 2 is 1.83 bits per heavy atom. The van der Waals surface area contributed by atoms with E-state index in [4.69, 9.17) is 0 Å². The van der Waals surface area contributed by atoms with Crippen LogP contribution >= 0.6 is 0 Å². The molecule has 0 amide bonds. The van der Waals surface area contributed by atoms with Crippen molar-refractivity contribution in [2.24, 2.45) is 11.8 Å². The Kier molecular flexibility index (Phi) is 4.41. The maximum atomic E-state index is 13.8. The van der Waals surface area contributed by atoms with Crippen molar-refractivity contribution in [3.63, 3.8) is 0 Å². The highest BCUT2D eigenvalue weighted by atomic mass is 19.1. The molecular weight excluding hydrogens is 381 g/mol. The van der Waals surface area contributed by atoms with Crippen molar-refractivity contribution in [2.75, 3.05) is 0 Å². The van der Waals surface area contributed by atoms with Crippen LogP contribution in [0, 0.1) is 24.6 Å². The molecular formula is C23H24FN5O. The third kappa shape index (κ3) is 2.91. The van der Waals surface area contributed by atoms with Crippen LogP contribution in [-0.2, 0) is 0 Å². The van der Waals surface area contributed by atoms with Gasteiger partial charge in [-0.2, -0.15) is 9.50 Å². The molecule has 3 atom stereocenters. The van der Waals surface area contributed by atoms with Gasteiger partial charge < -0.3 is 4.57 Å². The lowest BCUT2D eigenvalue weighted by molar-refractivity contribution is 0.183. The number of benzene rings is 1. The molecule has 0 radical (unpaired) electrons. The number of pyridine rings is 1. The van der Waals surface area contributed by atoms with Gasteiger partial charge in [-0.3, -0.25) is 4.79 Å². The van der Waals surface area contributed by atoms with Crippen LogP contribution in [0.4, 0.5) is 4.39 Å². The lowest BCUT2D eigenvalue weighted by Crippen LogP contribution is -2.33. The fourth-order valence-electron chi connectivity index (χ4n) is 4.78. The summed E-state index contributed by atoms with van der Waals surface area (Å²) in [5.41, 5.74) is 1.80. The van der Waals surface area contributed by atoms with Crippen LogP contribution in [0.25, 0.3) is 27.9 Å². The number of rotatable bonds is 2. The Bertz CT molecular complexity index is 1310. The van der Waals surface area contributed by atoms with Crippen molar-refractivity contribution in [1.82, 2.24) is 24.1 Å². The second-order valence-corrected chi connectivity index (χ2v) is 8.46. The summed E-state index contributed by atoms with van der Waals surface area (Å²) in [6.07, 6.45) is 5.16. The van der Waals surface area contributed by atoms with E-state index in [1.54, 1.807) is 23.6 Å². The molecule has 0 spiro atoms. The Hall–Kier alpha value is -3.09. The van der Waals surface area contributed by atoms with Gasteiger partial charge in [-0.25, -0.2) is 9.37 Å². The third-order valence-electron chi connectivity index (χ3n) is 6.60. The average molecular weight is 405 g/mol. The van der Waals surface area contributed by atoms with Crippen LogP contribution in [0.5, 0.6) is 0 Å². The van der Waals surface area contributed by atoms with E-state index < -0.39 is 0 Å². The maximum absolute atomic E-state index is 13.8. The minimum absolute atomic E-state index is 0.0830. The number of aryl methyl sites for hydroxylation is 1. The first kappa shape index (κ1) is 18.9. The van der Waals surface area contributed by atoms with Gasteiger partial charge in [0.15, 0.2) is 0 Å². The molecule has 30 heavy (non-hydrogen) atoms. The molecule has 0 unspecified atom stereocenters. The summed E-state index contributed by atoms with van der Waals surface area (Å²) < 4.78 is 17.1. The summed E-state index contributed by atoms with van der Waals surface area (Å²) in [5.74, 6) is 1.65. The molecule has 154 valence electrons. The van der Waals surface area contributed by atoms with Crippen LogP contribution in [0.1, 0.15) is 45.0 Å². The predicted octanol–water partition coefficient (Wildman–Crippen LogP) is 4.55. The van der Waals surface area contributed by atoms with E-state index in [9.17, 15) is 9.18 Å². The molecule has 0 aliphatic heterocycles. The minimum Gasteiger partial charge on any atom is -0.311 e. The van der Waals surface area contributed by atoms with Crippen molar-refractivity contribution in [2.45, 2.75) is 46.1 Å². The highest BCUT2D eigenvalue weighted by molar-refractivity contribution is 5.93. The summed E-state index contributed by atoms with van der Waals surface area (Å²) in [5, 5.41) is 4.97. The Labute approximate surface area is 173 Å². The van der Waals surface area contributed by atoms with Gasteiger partial charge in [0.1, 0.15) is 11.6 Å². The van der Waals surface area contributed by atoms with E-state index in [0.29, 0.717) is 45.6 Å². The summed E-state index contributed by atoms with van der Waals surface area (Å²) in [7, 11) is 0. The second-order valence-electron chi connectivity index (χ2n) is 8.46. The van der Waals surface area contributed by atoms with Gasteiger partial charge in [-0.15, -0.1) is 5.10 Å². The summed E-state index contributed by atoms with van der Waals surface area (Å²) >= 11 is 0. The Balaban J connectivity index is 1.83. The van der Waals surface area contributed by atoms with E-state index >= 15 is 0 Å². The molecule has 3 heterocycles. The number of hydrogen-bond acceptors (Lipinski definition) is 4. The number of fused-ring (bicyclic) bond motifs is 2. The molecule has 0 bridgehead atoms. The maximum Gasteiger partial charge on any atom is 0.262 e. The quantitative estimate of drug-likeness (QED) is 0.491. The van der Waals surface area contributed by atoms with Gasteiger partial charge in [0.25, 0.3) is 11.3 Å². The average Bonchev–Trinajstić information content (AvgIpc) is 3.10. The molecule has 0 saturated heterocycles. The number of nitrogens with zero attached hydrogens (tertiary/aromatic N) is 5. The van der Waals surface area contributed by atoms with Crippen molar-refractivity contribution in [3.05, 3.63) is 58.5 Å². The van der Waals surface area contributed by atoms with Gasteiger partial charge in [-0.05, 0) is 55.5 Å². The predicted molar refractivity (Wildman–Crippen MR) is 114 cm³/mol. The highest BCUT2D eigenvalue weighted by Gasteiger charge is 2.30. The molecule has 1 aliphatic carbocycles. The zero-order valence-corrected chi connectivity index (χ0v) is 17.3. The SMILES string of the molecule is Cc1nc2nc3ccn([C@@H]4CCC[C@@H](C)[C@H]4C)c(=O)c3c(-c3ccc(F)cc3)n2n1. The fraction of sp³-hybridized carbons (Fsp3) is 0.391. The topological polar surface area (TPSA) is 65.1 Å². The van der Waals surface area contributed by atoms with Crippen LogP contribution in [0.2, 0.25) is 0 Å². The minimum atomic E-state index is -0.328. The van der Waals surface area contributed by atoms with Crippen LogP contribution in [0.3, 0.4) is 0 Å². The zero-order valence-electron chi connectivity index (χ0n) is 17.3. The summed E-state index contributed by atoms with van der Waals surface area (Å²) in [6.45, 7) is 6.28. The second kappa shape index (κ2) is 7.00. The first-order valence-corrected chi connectivity index (χ1v) is 10.5. The number of halogens is 1. The molecule has 3 aromatic heterocycles. The van der Waals surface area contributed by atoms with Crippen molar-refractivity contribution >= 4 is 16.7 Å². The van der Waals surface area contributed by atoms with E-state index in [2.05, 4.69) is 28.9 Å². The Morgan fingerprint density at radius 1 is 1.07 bits per heavy atom. The smallest absolute Gasteiger partial charge is 0.262 e. The van der Waals surface area contributed by atoms with Crippen LogP contribution < -0.4 is 5.56 Å². The van der Waals surface area contributed by atoms with E-state index in [-0.39, 0.29) is 17.4 Å². The zero-order chi connectivity index (χ0) is 21.0. The van der Waals surface area contributed by atoms with Crippen molar-refractivity contribution < 1.29 is 4.39 Å². The highest BCUT2D eigenvalue weighted by Crippen LogP contribution is 2.37. The molecule has 5 rings (SSSR count). The fourth-order valence-corrected chi connectivity index (χ4v) is 4.78. The van der Waals surface area contributed by atoms with Gasteiger partial charge >= 0.3 is 0 Å². The normalized spacial score (nSPS) is 22.1. The third-order valence-corrected chi connectivity index (χ3v) is 6.60. The molecule has 7 heteroatoms. The monoisotopic (exact) mass is 405 g/mol. The van der Waals surface area contributed by atoms with Crippen molar-refractivity contribution in [3.8, 4) is 11.3 Å². The van der Waals surface area contributed by atoms with Crippen molar-refractivity contribution in [1.29, 1.82) is 0 Å². The molecule has 4 aromatic rings. The molecule has 1 aliphatic rings. The first-order chi connectivity index (χ1) is 14.4. The first-order valence-electron chi connectivity index (χ1n) is 10.5. The molecule has 1 saturated carbocycles. The van der Waals surface area contributed by atoms with E-state index in [1.807, 2.05) is 16.8 Å². The Morgan fingerprint density at radius 3 is 2.60 bits per heavy atom. The van der Waals surface area contributed by atoms with Gasteiger partial charge in [0.2, 0.25) is 0 Å².